The smallest absolute Gasteiger partial charge is 0.356 e. The number of carboxylic acids is 1. The molecule has 0 aliphatic carbocycles. The Labute approximate surface area is 238 Å². The molecule has 2 aromatic heterocycles. The van der Waals surface area contributed by atoms with Crippen molar-refractivity contribution in [2.75, 3.05) is 7.11 Å². The van der Waals surface area contributed by atoms with Crippen LogP contribution in [0, 0.1) is 0 Å². The molecule has 0 saturated heterocycles. The molecule has 198 valence electrons. The molecule has 2 aromatic carbocycles. The molecular formula is C28H26BrCl2N3O4. The van der Waals surface area contributed by atoms with Crippen LogP contribution in [0.3, 0.4) is 0 Å². The summed E-state index contributed by atoms with van der Waals surface area (Å²) >= 11 is 16.0. The number of methoxy groups -OCH3 is 1. The number of nitrogens with zero attached hydrogens (tertiary/aromatic N) is 3. The van der Waals surface area contributed by atoms with Gasteiger partial charge in [-0.2, -0.15) is 0 Å². The lowest BCUT2D eigenvalue weighted by Gasteiger charge is -2.23. The topological polar surface area (TPSA) is 86.3 Å². The van der Waals surface area contributed by atoms with Crippen molar-refractivity contribution in [3.05, 3.63) is 114 Å². The molecule has 0 radical (unpaired) electrons. The van der Waals surface area contributed by atoms with Crippen LogP contribution in [0.25, 0.3) is 0 Å². The maximum absolute atomic E-state index is 12.9. The maximum atomic E-state index is 12.9. The fourth-order valence-electron chi connectivity index (χ4n) is 4.52. The van der Waals surface area contributed by atoms with Gasteiger partial charge < -0.3 is 19.0 Å². The van der Waals surface area contributed by atoms with Gasteiger partial charge in [0.15, 0.2) is 10.4 Å². The summed E-state index contributed by atoms with van der Waals surface area (Å²) in [5, 5.41) is 10.7. The van der Waals surface area contributed by atoms with Gasteiger partial charge in [-0.25, -0.2) is 9.78 Å². The van der Waals surface area contributed by atoms with E-state index in [2.05, 4.69) is 20.9 Å². The molecular weight excluding hydrogens is 593 g/mol. The molecule has 4 aromatic rings. The van der Waals surface area contributed by atoms with Crippen molar-refractivity contribution in [1.82, 2.24) is 14.1 Å². The second-order valence-electron chi connectivity index (χ2n) is 9.17. The third-order valence-electron chi connectivity index (χ3n) is 6.28. The van der Waals surface area contributed by atoms with Gasteiger partial charge in [0.1, 0.15) is 10.8 Å². The monoisotopic (exact) mass is 617 g/mol. The number of rotatable bonds is 9. The molecule has 0 amide bonds. The van der Waals surface area contributed by atoms with Gasteiger partial charge in [-0.05, 0) is 83.2 Å². The lowest BCUT2D eigenvalue weighted by Crippen LogP contribution is -2.22. The van der Waals surface area contributed by atoms with Crippen LogP contribution in [0.4, 0.5) is 0 Å². The van der Waals surface area contributed by atoms with Crippen LogP contribution in [0.2, 0.25) is 10.0 Å². The highest BCUT2D eigenvalue weighted by Gasteiger charge is 2.30. The van der Waals surface area contributed by atoms with Gasteiger partial charge in [0.05, 0.1) is 19.3 Å². The van der Waals surface area contributed by atoms with Crippen LogP contribution in [0.5, 0.6) is 5.75 Å². The zero-order valence-corrected chi connectivity index (χ0v) is 24.1. The fraction of sp³-hybridized carbons (Fsp3) is 0.250. The van der Waals surface area contributed by atoms with E-state index in [1.807, 2.05) is 54.8 Å². The van der Waals surface area contributed by atoms with Crippen molar-refractivity contribution in [3.8, 4) is 5.75 Å². The van der Waals surface area contributed by atoms with Crippen molar-refractivity contribution >= 4 is 45.1 Å². The highest BCUT2D eigenvalue weighted by molar-refractivity contribution is 9.10. The molecule has 2 heterocycles. The van der Waals surface area contributed by atoms with E-state index < -0.39 is 11.9 Å². The summed E-state index contributed by atoms with van der Waals surface area (Å²) in [6.45, 7) is 4.25. The van der Waals surface area contributed by atoms with Gasteiger partial charge in [0.2, 0.25) is 0 Å². The van der Waals surface area contributed by atoms with E-state index in [0.717, 1.165) is 22.4 Å². The number of hydrogen-bond acceptors (Lipinski definition) is 4. The SMILES string of the molecule is COc1ccc(Cn2cc(CC(c3ccc(Cl)cc3)c3c(C(=O)O)nc(Br)n3C(C)C)cc(Cl)c2=O)cc1. The Balaban J connectivity index is 1.82. The van der Waals surface area contributed by atoms with Crippen LogP contribution < -0.4 is 10.3 Å². The summed E-state index contributed by atoms with van der Waals surface area (Å²) in [5.74, 6) is -0.815. The van der Waals surface area contributed by atoms with Gasteiger partial charge in [-0.1, -0.05) is 47.5 Å². The molecule has 0 bridgehead atoms. The summed E-state index contributed by atoms with van der Waals surface area (Å²) in [6.07, 6.45) is 2.14. The third-order valence-corrected chi connectivity index (χ3v) is 7.36. The van der Waals surface area contributed by atoms with Crippen LogP contribution in [-0.2, 0) is 13.0 Å². The van der Waals surface area contributed by atoms with Crippen molar-refractivity contribution in [3.63, 3.8) is 0 Å². The number of aromatic carboxylic acids is 1. The van der Waals surface area contributed by atoms with E-state index in [1.165, 1.54) is 0 Å². The Kier molecular flexibility index (Phi) is 8.65. The molecule has 0 fully saturated rings. The lowest BCUT2D eigenvalue weighted by molar-refractivity contribution is 0.0689. The average molecular weight is 619 g/mol. The number of halogens is 3. The van der Waals surface area contributed by atoms with Gasteiger partial charge in [0, 0.05) is 23.2 Å². The first-order valence-corrected chi connectivity index (χ1v) is 13.4. The number of imidazole rings is 1. The molecule has 0 spiro atoms. The molecule has 7 nitrogen and oxygen atoms in total. The number of ether oxygens (including phenoxy) is 1. The van der Waals surface area contributed by atoms with E-state index in [9.17, 15) is 14.7 Å². The summed E-state index contributed by atoms with van der Waals surface area (Å²) in [6, 6.07) is 16.3. The number of pyridine rings is 1. The molecule has 10 heteroatoms. The number of carboxylic acid groups (broad SMARTS) is 1. The quantitative estimate of drug-likeness (QED) is 0.222. The standard InChI is InChI=1S/C28H26BrCl2N3O4/c1-16(2)34-25(24(27(36)37)32-28(34)29)22(19-6-8-20(30)9-7-19)12-18-13-23(31)26(35)33(15-18)14-17-4-10-21(38-3)11-5-17/h4-11,13,15-16,22H,12,14H2,1-3H3,(H,36,37). The minimum absolute atomic E-state index is 0.0387. The molecule has 1 unspecified atom stereocenters. The predicted molar refractivity (Wildman–Crippen MR) is 152 cm³/mol. The molecule has 0 aliphatic rings. The van der Waals surface area contributed by atoms with Crippen LogP contribution in [0.1, 0.15) is 58.7 Å². The average Bonchev–Trinajstić information content (AvgIpc) is 3.24. The van der Waals surface area contributed by atoms with Gasteiger partial charge in [-0.3, -0.25) is 4.79 Å². The van der Waals surface area contributed by atoms with E-state index in [4.69, 9.17) is 27.9 Å². The zero-order chi connectivity index (χ0) is 27.6. The first kappa shape index (κ1) is 28.0. The normalized spacial score (nSPS) is 12.1. The van der Waals surface area contributed by atoms with Crippen LogP contribution in [0.15, 0.2) is 70.3 Å². The third kappa shape index (κ3) is 5.98. The number of aromatic nitrogens is 3. The van der Waals surface area contributed by atoms with Crippen molar-refractivity contribution < 1.29 is 14.6 Å². The van der Waals surface area contributed by atoms with E-state index >= 15 is 0 Å². The first-order valence-electron chi connectivity index (χ1n) is 11.9. The van der Waals surface area contributed by atoms with E-state index in [1.54, 1.807) is 36.1 Å². The van der Waals surface area contributed by atoms with E-state index in [-0.39, 0.29) is 22.3 Å². The zero-order valence-electron chi connectivity index (χ0n) is 21.0. The molecule has 38 heavy (non-hydrogen) atoms. The van der Waals surface area contributed by atoms with E-state index in [0.29, 0.717) is 28.4 Å². The number of hydrogen-bond donors (Lipinski definition) is 1. The summed E-state index contributed by atoms with van der Waals surface area (Å²) < 4.78 is 9.09. The fourth-order valence-corrected chi connectivity index (χ4v) is 5.67. The van der Waals surface area contributed by atoms with Crippen molar-refractivity contribution in [2.45, 2.75) is 38.8 Å². The Bertz CT molecular complexity index is 1510. The second kappa shape index (κ2) is 11.8. The largest absolute Gasteiger partial charge is 0.497 e. The summed E-state index contributed by atoms with van der Waals surface area (Å²) in [5.41, 5.74) is 2.73. The summed E-state index contributed by atoms with van der Waals surface area (Å²) in [7, 11) is 1.60. The van der Waals surface area contributed by atoms with Crippen LogP contribution >= 0.6 is 39.1 Å². The Morgan fingerprint density at radius 1 is 1.08 bits per heavy atom. The molecule has 4 rings (SSSR count). The van der Waals surface area contributed by atoms with Crippen molar-refractivity contribution in [2.24, 2.45) is 0 Å². The minimum Gasteiger partial charge on any atom is -0.497 e. The molecule has 1 N–H and O–H groups in total. The predicted octanol–water partition coefficient (Wildman–Crippen LogP) is 6.82. The minimum atomic E-state index is -1.12. The number of benzene rings is 2. The molecule has 0 aliphatic heterocycles. The van der Waals surface area contributed by atoms with Crippen LogP contribution in [-0.4, -0.2) is 32.3 Å². The Hall–Kier alpha value is -3.07. The highest BCUT2D eigenvalue weighted by atomic mass is 79.9. The maximum Gasteiger partial charge on any atom is 0.356 e. The van der Waals surface area contributed by atoms with Gasteiger partial charge in [-0.15, -0.1) is 0 Å². The lowest BCUT2D eigenvalue weighted by atomic mass is 9.88. The number of carbonyl (C=O) groups is 1. The molecule has 0 saturated carbocycles. The summed E-state index contributed by atoms with van der Waals surface area (Å²) in [4.78, 5) is 29.5. The first-order chi connectivity index (χ1) is 18.1. The van der Waals surface area contributed by atoms with Gasteiger partial charge in [0.25, 0.3) is 5.56 Å². The Morgan fingerprint density at radius 2 is 1.74 bits per heavy atom. The Morgan fingerprint density at radius 3 is 2.32 bits per heavy atom. The molecule has 1 atom stereocenters. The second-order valence-corrected chi connectivity index (χ2v) is 10.7. The van der Waals surface area contributed by atoms with Crippen molar-refractivity contribution in [1.29, 1.82) is 0 Å². The highest BCUT2D eigenvalue weighted by Crippen LogP contribution is 2.36. The van der Waals surface area contributed by atoms with Gasteiger partial charge >= 0.3 is 5.97 Å².